The molecule has 17 heavy (non-hydrogen) atoms. The molecule has 2 rings (SSSR count). The van der Waals surface area contributed by atoms with Gasteiger partial charge in [0, 0.05) is 10.9 Å². The van der Waals surface area contributed by atoms with Crippen molar-refractivity contribution in [2.45, 2.75) is 13.5 Å². The van der Waals surface area contributed by atoms with Crippen LogP contribution in [0, 0.1) is 5.82 Å². The molecule has 0 bridgehead atoms. The summed E-state index contributed by atoms with van der Waals surface area (Å²) in [5.74, 6) is -0.233. The minimum Gasteiger partial charge on any atom is -0.302 e. The number of benzene rings is 1. The van der Waals surface area contributed by atoms with Gasteiger partial charge in [-0.15, -0.1) is 11.3 Å². The standard InChI is InChI=1S/C12H13FN2OS/c1-2-16-14-7-11-8-17-12(15-11)9-3-5-10(13)6-4-9/h3-6,8,14H,2,7H2,1H3. The maximum absolute atomic E-state index is 12.8. The number of halogens is 1. The highest BCUT2D eigenvalue weighted by Gasteiger charge is 2.04. The molecule has 0 saturated heterocycles. The first-order valence-electron chi connectivity index (χ1n) is 5.34. The predicted octanol–water partition coefficient (Wildman–Crippen LogP) is 2.99. The summed E-state index contributed by atoms with van der Waals surface area (Å²) in [6.07, 6.45) is 0. The van der Waals surface area contributed by atoms with Gasteiger partial charge in [-0.05, 0) is 31.2 Å². The van der Waals surface area contributed by atoms with Gasteiger partial charge in [0.15, 0.2) is 0 Å². The van der Waals surface area contributed by atoms with Crippen molar-refractivity contribution in [3.63, 3.8) is 0 Å². The van der Waals surface area contributed by atoms with Crippen LogP contribution in [0.4, 0.5) is 4.39 Å². The molecule has 0 amide bonds. The maximum Gasteiger partial charge on any atom is 0.123 e. The highest BCUT2D eigenvalue weighted by Crippen LogP contribution is 2.23. The van der Waals surface area contributed by atoms with Crippen molar-refractivity contribution in [2.75, 3.05) is 6.61 Å². The molecule has 1 aromatic carbocycles. The lowest BCUT2D eigenvalue weighted by Gasteiger charge is -1.99. The molecule has 5 heteroatoms. The molecule has 3 nitrogen and oxygen atoms in total. The van der Waals surface area contributed by atoms with Gasteiger partial charge in [-0.2, -0.15) is 5.48 Å². The Labute approximate surface area is 103 Å². The van der Waals surface area contributed by atoms with Crippen molar-refractivity contribution >= 4 is 11.3 Å². The van der Waals surface area contributed by atoms with Crippen LogP contribution < -0.4 is 5.48 Å². The van der Waals surface area contributed by atoms with Crippen molar-refractivity contribution in [3.8, 4) is 10.6 Å². The minimum absolute atomic E-state index is 0.233. The zero-order chi connectivity index (χ0) is 12.1. The number of rotatable bonds is 5. The van der Waals surface area contributed by atoms with E-state index >= 15 is 0 Å². The first kappa shape index (κ1) is 12.2. The number of nitrogens with one attached hydrogen (secondary N) is 1. The third-order valence-electron chi connectivity index (χ3n) is 2.14. The summed E-state index contributed by atoms with van der Waals surface area (Å²) < 4.78 is 12.8. The molecular formula is C12H13FN2OS. The number of hydrogen-bond donors (Lipinski definition) is 1. The number of hydrogen-bond acceptors (Lipinski definition) is 4. The third-order valence-corrected chi connectivity index (χ3v) is 3.08. The lowest BCUT2D eigenvalue weighted by molar-refractivity contribution is 0.0457. The summed E-state index contributed by atoms with van der Waals surface area (Å²) in [7, 11) is 0. The summed E-state index contributed by atoms with van der Waals surface area (Å²) in [6.45, 7) is 3.11. The van der Waals surface area contributed by atoms with E-state index in [1.165, 1.54) is 23.5 Å². The van der Waals surface area contributed by atoms with Crippen molar-refractivity contribution in [3.05, 3.63) is 41.2 Å². The molecule has 1 heterocycles. The van der Waals surface area contributed by atoms with E-state index in [1.54, 1.807) is 12.1 Å². The van der Waals surface area contributed by atoms with E-state index in [1.807, 2.05) is 12.3 Å². The summed E-state index contributed by atoms with van der Waals surface area (Å²) in [6, 6.07) is 6.34. The van der Waals surface area contributed by atoms with E-state index in [0.717, 1.165) is 16.3 Å². The largest absolute Gasteiger partial charge is 0.302 e. The Hall–Kier alpha value is -1.30. The summed E-state index contributed by atoms with van der Waals surface area (Å²) in [5.41, 5.74) is 4.66. The quantitative estimate of drug-likeness (QED) is 0.656. The maximum atomic E-state index is 12.8. The van der Waals surface area contributed by atoms with Gasteiger partial charge >= 0.3 is 0 Å². The Morgan fingerprint density at radius 1 is 1.35 bits per heavy atom. The molecule has 0 aliphatic rings. The van der Waals surface area contributed by atoms with Crippen LogP contribution in [-0.2, 0) is 11.4 Å². The Bertz CT molecular complexity index is 470. The number of hydroxylamine groups is 1. The fourth-order valence-corrected chi connectivity index (χ4v) is 2.17. The highest BCUT2D eigenvalue weighted by atomic mass is 32.1. The Morgan fingerprint density at radius 3 is 2.82 bits per heavy atom. The average molecular weight is 252 g/mol. The molecule has 1 aromatic heterocycles. The molecule has 90 valence electrons. The van der Waals surface area contributed by atoms with Gasteiger partial charge < -0.3 is 4.84 Å². The lowest BCUT2D eigenvalue weighted by Crippen LogP contribution is -2.13. The van der Waals surface area contributed by atoms with E-state index in [2.05, 4.69) is 10.5 Å². The fourth-order valence-electron chi connectivity index (χ4n) is 1.34. The van der Waals surface area contributed by atoms with Gasteiger partial charge in [-0.1, -0.05) is 0 Å². The van der Waals surface area contributed by atoms with E-state index < -0.39 is 0 Å². The van der Waals surface area contributed by atoms with Gasteiger partial charge in [0.2, 0.25) is 0 Å². The summed E-state index contributed by atoms with van der Waals surface area (Å²) in [5, 5.41) is 2.85. The SMILES string of the molecule is CCONCc1csc(-c2ccc(F)cc2)n1. The van der Waals surface area contributed by atoms with Crippen LogP contribution in [0.15, 0.2) is 29.6 Å². The molecule has 0 radical (unpaired) electrons. The normalized spacial score (nSPS) is 10.7. The summed E-state index contributed by atoms with van der Waals surface area (Å²) in [4.78, 5) is 9.47. The molecule has 0 saturated carbocycles. The number of nitrogens with zero attached hydrogens (tertiary/aromatic N) is 1. The molecule has 1 N–H and O–H groups in total. The molecule has 0 aliphatic carbocycles. The van der Waals surface area contributed by atoms with E-state index in [-0.39, 0.29) is 5.82 Å². The third kappa shape index (κ3) is 3.33. The van der Waals surface area contributed by atoms with Crippen LogP contribution in [0.1, 0.15) is 12.6 Å². The first-order chi connectivity index (χ1) is 8.29. The molecule has 0 unspecified atom stereocenters. The molecule has 2 aromatic rings. The highest BCUT2D eigenvalue weighted by molar-refractivity contribution is 7.13. The average Bonchev–Trinajstić information content (AvgIpc) is 2.79. The second-order valence-electron chi connectivity index (χ2n) is 3.41. The van der Waals surface area contributed by atoms with Crippen LogP contribution in [0.3, 0.4) is 0 Å². The number of thiazole rings is 1. The second-order valence-corrected chi connectivity index (χ2v) is 4.26. The van der Waals surface area contributed by atoms with Gasteiger partial charge in [-0.3, -0.25) is 0 Å². The van der Waals surface area contributed by atoms with E-state index in [4.69, 9.17) is 4.84 Å². The first-order valence-corrected chi connectivity index (χ1v) is 6.22. The van der Waals surface area contributed by atoms with Crippen molar-refractivity contribution in [2.24, 2.45) is 0 Å². The Morgan fingerprint density at radius 2 is 2.12 bits per heavy atom. The van der Waals surface area contributed by atoms with Crippen LogP contribution in [0.5, 0.6) is 0 Å². The lowest BCUT2D eigenvalue weighted by atomic mass is 10.2. The smallest absolute Gasteiger partial charge is 0.123 e. The second kappa shape index (κ2) is 5.86. The zero-order valence-electron chi connectivity index (χ0n) is 9.44. The molecule has 0 spiro atoms. The van der Waals surface area contributed by atoms with E-state index in [9.17, 15) is 4.39 Å². The molecule has 0 aliphatic heterocycles. The topological polar surface area (TPSA) is 34.1 Å². The van der Waals surface area contributed by atoms with Crippen LogP contribution >= 0.6 is 11.3 Å². The Balaban J connectivity index is 2.04. The Kier molecular flexibility index (Phi) is 4.19. The molecule has 0 atom stereocenters. The van der Waals surface area contributed by atoms with Gasteiger partial charge in [0.25, 0.3) is 0 Å². The zero-order valence-corrected chi connectivity index (χ0v) is 10.3. The fraction of sp³-hybridized carbons (Fsp3) is 0.250. The number of aromatic nitrogens is 1. The van der Waals surface area contributed by atoms with Gasteiger partial charge in [0.05, 0.1) is 18.8 Å². The molecular weight excluding hydrogens is 239 g/mol. The predicted molar refractivity (Wildman–Crippen MR) is 66.0 cm³/mol. The monoisotopic (exact) mass is 252 g/mol. The van der Waals surface area contributed by atoms with Crippen molar-refractivity contribution in [1.29, 1.82) is 0 Å². The van der Waals surface area contributed by atoms with Crippen LogP contribution in [-0.4, -0.2) is 11.6 Å². The minimum atomic E-state index is -0.233. The molecule has 0 fully saturated rings. The van der Waals surface area contributed by atoms with Crippen molar-refractivity contribution in [1.82, 2.24) is 10.5 Å². The van der Waals surface area contributed by atoms with Gasteiger partial charge in [0.1, 0.15) is 10.8 Å². The van der Waals surface area contributed by atoms with Crippen molar-refractivity contribution < 1.29 is 9.23 Å². The van der Waals surface area contributed by atoms with Gasteiger partial charge in [-0.25, -0.2) is 9.37 Å². The summed E-state index contributed by atoms with van der Waals surface area (Å²) >= 11 is 1.54. The van der Waals surface area contributed by atoms with Crippen LogP contribution in [0.2, 0.25) is 0 Å². The van der Waals surface area contributed by atoms with Crippen LogP contribution in [0.25, 0.3) is 10.6 Å². The van der Waals surface area contributed by atoms with E-state index in [0.29, 0.717) is 13.2 Å².